The molecule has 0 saturated heterocycles. The van der Waals surface area contributed by atoms with Crippen LogP contribution in [0.3, 0.4) is 0 Å². The minimum absolute atomic E-state index is 1.09. The van der Waals surface area contributed by atoms with Crippen molar-refractivity contribution in [1.82, 2.24) is 4.57 Å². The van der Waals surface area contributed by atoms with Crippen LogP contribution in [0.25, 0.3) is 71.6 Å². The average Bonchev–Trinajstić information content (AvgIpc) is 3.59. The lowest BCUT2D eigenvalue weighted by molar-refractivity contribution is 1.18. The fourth-order valence-corrected chi connectivity index (χ4v) is 8.15. The monoisotopic (exact) mass is 688 g/mol. The summed E-state index contributed by atoms with van der Waals surface area (Å²) >= 11 is 0. The Balaban J connectivity index is 1.20. The molecular formula is C52H36N2. The van der Waals surface area contributed by atoms with E-state index in [2.05, 4.69) is 228 Å². The standard InChI is InChI=1S/C52H36N2/c1-3-16-37(17-4-1)38-32-34-42(35-33-38)53(43-23-13-20-40(36-43)45-27-14-19-39-18-7-8-24-44(39)45)49-29-11-9-25-46(49)47-28-15-31-51-52(47)48-26-10-12-30-50(48)54(51)41-21-5-2-6-22-41/h1-36H. The Morgan fingerprint density at radius 2 is 0.907 bits per heavy atom. The molecule has 0 N–H and O–H groups in total. The summed E-state index contributed by atoms with van der Waals surface area (Å²) in [7, 11) is 0. The molecule has 0 amide bonds. The highest BCUT2D eigenvalue weighted by molar-refractivity contribution is 6.17. The smallest absolute Gasteiger partial charge is 0.0547 e. The molecule has 2 nitrogen and oxygen atoms in total. The van der Waals surface area contributed by atoms with Crippen LogP contribution in [0.5, 0.6) is 0 Å². The van der Waals surface area contributed by atoms with Gasteiger partial charge in [-0.2, -0.15) is 0 Å². The fraction of sp³-hybridized carbons (Fsp3) is 0. The number of para-hydroxylation sites is 3. The highest BCUT2D eigenvalue weighted by Crippen LogP contribution is 2.46. The van der Waals surface area contributed by atoms with Crippen LogP contribution in [0.15, 0.2) is 218 Å². The first-order valence-corrected chi connectivity index (χ1v) is 18.5. The number of aromatic nitrogens is 1. The number of nitrogens with zero attached hydrogens (tertiary/aromatic N) is 2. The van der Waals surface area contributed by atoms with Crippen LogP contribution >= 0.6 is 0 Å². The number of rotatable bonds is 7. The van der Waals surface area contributed by atoms with Crippen molar-refractivity contribution in [1.29, 1.82) is 0 Å². The van der Waals surface area contributed by atoms with Gasteiger partial charge in [-0.1, -0.05) is 164 Å². The molecule has 0 spiro atoms. The first kappa shape index (κ1) is 31.6. The van der Waals surface area contributed by atoms with E-state index >= 15 is 0 Å². The van der Waals surface area contributed by atoms with Gasteiger partial charge < -0.3 is 9.47 Å². The lowest BCUT2D eigenvalue weighted by Crippen LogP contribution is -2.11. The van der Waals surface area contributed by atoms with Gasteiger partial charge in [0.1, 0.15) is 0 Å². The topological polar surface area (TPSA) is 8.17 Å². The van der Waals surface area contributed by atoms with Gasteiger partial charge in [0.15, 0.2) is 0 Å². The molecule has 10 aromatic rings. The average molecular weight is 689 g/mol. The van der Waals surface area contributed by atoms with Crippen molar-refractivity contribution in [2.75, 3.05) is 4.90 Å². The Kier molecular flexibility index (Phi) is 7.85. The summed E-state index contributed by atoms with van der Waals surface area (Å²) < 4.78 is 2.39. The summed E-state index contributed by atoms with van der Waals surface area (Å²) in [5.74, 6) is 0. The van der Waals surface area contributed by atoms with Gasteiger partial charge in [0.2, 0.25) is 0 Å². The molecular weight excluding hydrogens is 653 g/mol. The number of benzene rings is 9. The van der Waals surface area contributed by atoms with Gasteiger partial charge in [0.05, 0.1) is 16.7 Å². The minimum Gasteiger partial charge on any atom is -0.310 e. The molecule has 10 rings (SSSR count). The van der Waals surface area contributed by atoms with Crippen LogP contribution in [-0.2, 0) is 0 Å². The van der Waals surface area contributed by atoms with Gasteiger partial charge in [-0.15, -0.1) is 0 Å². The predicted octanol–water partition coefficient (Wildman–Crippen LogP) is 14.4. The van der Waals surface area contributed by atoms with Crippen molar-refractivity contribution in [3.8, 4) is 39.1 Å². The molecule has 9 aromatic carbocycles. The van der Waals surface area contributed by atoms with Crippen LogP contribution < -0.4 is 4.90 Å². The van der Waals surface area contributed by atoms with Crippen LogP contribution in [0, 0.1) is 0 Å². The molecule has 0 bridgehead atoms. The highest BCUT2D eigenvalue weighted by Gasteiger charge is 2.22. The third kappa shape index (κ3) is 5.44. The first-order chi connectivity index (χ1) is 26.8. The van der Waals surface area contributed by atoms with Crippen LogP contribution in [0.4, 0.5) is 17.1 Å². The van der Waals surface area contributed by atoms with Crippen molar-refractivity contribution in [3.05, 3.63) is 218 Å². The Morgan fingerprint density at radius 1 is 0.333 bits per heavy atom. The molecule has 0 aliphatic heterocycles. The maximum Gasteiger partial charge on any atom is 0.0547 e. The molecule has 254 valence electrons. The highest BCUT2D eigenvalue weighted by atomic mass is 15.1. The quantitative estimate of drug-likeness (QED) is 0.162. The second-order valence-electron chi connectivity index (χ2n) is 13.7. The molecule has 1 heterocycles. The first-order valence-electron chi connectivity index (χ1n) is 18.5. The van der Waals surface area contributed by atoms with Gasteiger partial charge in [-0.25, -0.2) is 0 Å². The van der Waals surface area contributed by atoms with E-state index < -0.39 is 0 Å². The SMILES string of the molecule is c1ccc(-c2ccc(N(c3cccc(-c4cccc5ccccc45)c3)c3ccccc3-c3cccc4c3c3ccccc3n4-c3ccccc3)cc2)cc1. The summed E-state index contributed by atoms with van der Waals surface area (Å²) in [4.78, 5) is 2.42. The molecule has 54 heavy (non-hydrogen) atoms. The van der Waals surface area contributed by atoms with Crippen molar-refractivity contribution >= 4 is 49.6 Å². The molecule has 0 atom stereocenters. The number of anilines is 3. The molecule has 0 aliphatic rings. The molecule has 0 aliphatic carbocycles. The molecule has 1 aromatic heterocycles. The Hall–Kier alpha value is -7.16. The normalized spacial score (nSPS) is 11.3. The van der Waals surface area contributed by atoms with E-state index in [-0.39, 0.29) is 0 Å². The molecule has 2 heteroatoms. The molecule has 0 radical (unpaired) electrons. The Morgan fingerprint density at radius 3 is 1.76 bits per heavy atom. The Labute approximate surface area is 315 Å². The van der Waals surface area contributed by atoms with Gasteiger partial charge in [-0.05, 0) is 93.2 Å². The van der Waals surface area contributed by atoms with Crippen molar-refractivity contribution < 1.29 is 0 Å². The zero-order chi connectivity index (χ0) is 35.8. The number of hydrogen-bond donors (Lipinski definition) is 0. The third-order valence-corrected chi connectivity index (χ3v) is 10.6. The molecule has 0 saturated carbocycles. The lowest BCUT2D eigenvalue weighted by atomic mass is 9.95. The van der Waals surface area contributed by atoms with Crippen molar-refractivity contribution in [2.24, 2.45) is 0 Å². The van der Waals surface area contributed by atoms with E-state index in [1.54, 1.807) is 0 Å². The van der Waals surface area contributed by atoms with Crippen LogP contribution in [0.1, 0.15) is 0 Å². The van der Waals surface area contributed by atoms with E-state index in [0.717, 1.165) is 22.7 Å². The number of hydrogen-bond acceptors (Lipinski definition) is 1. The van der Waals surface area contributed by atoms with Crippen molar-refractivity contribution in [2.45, 2.75) is 0 Å². The van der Waals surface area contributed by atoms with Crippen LogP contribution in [-0.4, -0.2) is 4.57 Å². The predicted molar refractivity (Wildman–Crippen MR) is 229 cm³/mol. The fourth-order valence-electron chi connectivity index (χ4n) is 8.15. The van der Waals surface area contributed by atoms with E-state index in [9.17, 15) is 0 Å². The van der Waals surface area contributed by atoms with E-state index in [0.29, 0.717) is 0 Å². The van der Waals surface area contributed by atoms with Gasteiger partial charge in [0.25, 0.3) is 0 Å². The van der Waals surface area contributed by atoms with E-state index in [1.807, 2.05) is 0 Å². The second-order valence-corrected chi connectivity index (χ2v) is 13.7. The zero-order valence-corrected chi connectivity index (χ0v) is 29.7. The maximum atomic E-state index is 2.42. The van der Waals surface area contributed by atoms with Gasteiger partial charge in [-0.3, -0.25) is 0 Å². The summed E-state index contributed by atoms with van der Waals surface area (Å²) in [6.07, 6.45) is 0. The summed E-state index contributed by atoms with van der Waals surface area (Å²) in [5, 5.41) is 4.96. The van der Waals surface area contributed by atoms with Crippen LogP contribution in [0.2, 0.25) is 0 Å². The van der Waals surface area contributed by atoms with E-state index in [1.165, 1.54) is 66.0 Å². The molecule has 0 fully saturated rings. The Bertz CT molecular complexity index is 2920. The van der Waals surface area contributed by atoms with Crippen molar-refractivity contribution in [3.63, 3.8) is 0 Å². The molecule has 0 unspecified atom stereocenters. The zero-order valence-electron chi connectivity index (χ0n) is 29.7. The summed E-state index contributed by atoms with van der Waals surface area (Å²) in [6, 6.07) is 78.9. The van der Waals surface area contributed by atoms with Gasteiger partial charge >= 0.3 is 0 Å². The second kappa shape index (κ2) is 13.4. The third-order valence-electron chi connectivity index (χ3n) is 10.6. The largest absolute Gasteiger partial charge is 0.310 e. The van der Waals surface area contributed by atoms with E-state index in [4.69, 9.17) is 0 Å². The lowest BCUT2D eigenvalue weighted by Gasteiger charge is -2.29. The summed E-state index contributed by atoms with van der Waals surface area (Å²) in [5.41, 5.74) is 14.0. The van der Waals surface area contributed by atoms with Gasteiger partial charge in [0, 0.05) is 33.4 Å². The minimum atomic E-state index is 1.09. The maximum absolute atomic E-state index is 2.42. The number of fused-ring (bicyclic) bond motifs is 4. The summed E-state index contributed by atoms with van der Waals surface area (Å²) in [6.45, 7) is 0.